The third-order valence-electron chi connectivity index (χ3n) is 1.38. The molecule has 0 unspecified atom stereocenters. The standard InChI is InChI=1S/C9H10F2OS/c1-6(12)5-13-7-2-3-8(10)9(11)4-7/h2-4,6,12H,5H2,1H3/t6-/m1/s1. The van der Waals surface area contributed by atoms with Crippen molar-refractivity contribution < 1.29 is 13.9 Å². The van der Waals surface area contributed by atoms with Gasteiger partial charge in [-0.3, -0.25) is 0 Å². The van der Waals surface area contributed by atoms with Gasteiger partial charge < -0.3 is 5.11 Å². The van der Waals surface area contributed by atoms with Crippen LogP contribution in [-0.2, 0) is 0 Å². The molecule has 0 aliphatic heterocycles. The molecular formula is C9H10F2OS. The minimum absolute atomic E-state index is 0.446. The largest absolute Gasteiger partial charge is 0.393 e. The zero-order valence-corrected chi connectivity index (χ0v) is 7.94. The van der Waals surface area contributed by atoms with Gasteiger partial charge in [-0.25, -0.2) is 8.78 Å². The molecule has 1 aromatic carbocycles. The highest BCUT2D eigenvalue weighted by Crippen LogP contribution is 2.20. The van der Waals surface area contributed by atoms with Crippen LogP contribution in [0.25, 0.3) is 0 Å². The smallest absolute Gasteiger partial charge is 0.159 e. The summed E-state index contributed by atoms with van der Waals surface area (Å²) in [6.45, 7) is 1.65. The van der Waals surface area contributed by atoms with Gasteiger partial charge in [0.05, 0.1) is 6.10 Å². The van der Waals surface area contributed by atoms with Crippen LogP contribution in [0.4, 0.5) is 8.78 Å². The second kappa shape index (κ2) is 4.58. The van der Waals surface area contributed by atoms with Crippen molar-refractivity contribution in [1.29, 1.82) is 0 Å². The van der Waals surface area contributed by atoms with Crippen LogP contribution in [0.15, 0.2) is 23.1 Å². The lowest BCUT2D eigenvalue weighted by atomic mass is 10.3. The number of rotatable bonds is 3. The summed E-state index contributed by atoms with van der Waals surface area (Å²) in [4.78, 5) is 0.625. The topological polar surface area (TPSA) is 20.2 Å². The molecule has 72 valence electrons. The van der Waals surface area contributed by atoms with Crippen molar-refractivity contribution in [2.45, 2.75) is 17.9 Å². The lowest BCUT2D eigenvalue weighted by Gasteiger charge is -2.03. The van der Waals surface area contributed by atoms with Crippen LogP contribution in [0.1, 0.15) is 6.92 Å². The van der Waals surface area contributed by atoms with Crippen molar-refractivity contribution in [2.24, 2.45) is 0 Å². The third-order valence-corrected chi connectivity index (χ3v) is 2.62. The summed E-state index contributed by atoms with van der Waals surface area (Å²) in [6.07, 6.45) is -0.446. The van der Waals surface area contributed by atoms with Gasteiger partial charge in [0.1, 0.15) is 0 Å². The SMILES string of the molecule is C[C@@H](O)CSc1ccc(F)c(F)c1. The molecule has 0 aliphatic carbocycles. The Hall–Kier alpha value is -0.610. The Kier molecular flexibility index (Phi) is 3.69. The first kappa shape index (κ1) is 10.5. The van der Waals surface area contributed by atoms with Gasteiger partial charge in [0.15, 0.2) is 11.6 Å². The van der Waals surface area contributed by atoms with E-state index in [0.717, 1.165) is 12.1 Å². The average Bonchev–Trinajstić information content (AvgIpc) is 2.07. The Morgan fingerprint density at radius 2 is 2.08 bits per heavy atom. The van der Waals surface area contributed by atoms with Crippen molar-refractivity contribution in [2.75, 3.05) is 5.75 Å². The van der Waals surface area contributed by atoms with E-state index in [-0.39, 0.29) is 0 Å². The Balaban J connectivity index is 2.63. The molecule has 0 radical (unpaired) electrons. The van der Waals surface area contributed by atoms with Gasteiger partial charge in [-0.2, -0.15) is 0 Å². The van der Waals surface area contributed by atoms with E-state index in [4.69, 9.17) is 5.11 Å². The van der Waals surface area contributed by atoms with E-state index >= 15 is 0 Å². The maximum absolute atomic E-state index is 12.7. The van der Waals surface area contributed by atoms with Gasteiger partial charge in [0.25, 0.3) is 0 Å². The van der Waals surface area contributed by atoms with Crippen molar-refractivity contribution >= 4 is 11.8 Å². The molecule has 0 bridgehead atoms. The number of thioether (sulfide) groups is 1. The Bertz CT molecular complexity index is 289. The molecule has 0 heterocycles. The van der Waals surface area contributed by atoms with E-state index in [1.165, 1.54) is 17.8 Å². The van der Waals surface area contributed by atoms with Crippen LogP contribution in [-0.4, -0.2) is 17.0 Å². The minimum atomic E-state index is -0.851. The fourth-order valence-electron chi connectivity index (χ4n) is 0.783. The van der Waals surface area contributed by atoms with E-state index < -0.39 is 17.7 Å². The zero-order chi connectivity index (χ0) is 9.84. The quantitative estimate of drug-likeness (QED) is 0.763. The summed E-state index contributed by atoms with van der Waals surface area (Å²) in [5, 5.41) is 8.95. The van der Waals surface area contributed by atoms with Crippen LogP contribution >= 0.6 is 11.8 Å². The highest BCUT2D eigenvalue weighted by molar-refractivity contribution is 7.99. The van der Waals surface area contributed by atoms with Crippen molar-refractivity contribution in [1.82, 2.24) is 0 Å². The molecule has 0 spiro atoms. The van der Waals surface area contributed by atoms with E-state index in [2.05, 4.69) is 0 Å². The predicted molar refractivity (Wildman–Crippen MR) is 48.8 cm³/mol. The highest BCUT2D eigenvalue weighted by Gasteiger charge is 2.03. The van der Waals surface area contributed by atoms with Gasteiger partial charge in [0.2, 0.25) is 0 Å². The van der Waals surface area contributed by atoms with E-state index in [0.29, 0.717) is 10.6 Å². The maximum atomic E-state index is 12.7. The zero-order valence-electron chi connectivity index (χ0n) is 7.13. The first-order valence-corrected chi connectivity index (χ1v) is 4.84. The van der Waals surface area contributed by atoms with E-state index in [1.54, 1.807) is 6.92 Å². The lowest BCUT2D eigenvalue weighted by molar-refractivity contribution is 0.220. The summed E-state index contributed by atoms with van der Waals surface area (Å²) in [7, 11) is 0. The second-order valence-corrected chi connectivity index (χ2v) is 3.83. The Morgan fingerprint density at radius 1 is 1.38 bits per heavy atom. The summed E-state index contributed by atoms with van der Waals surface area (Å²) < 4.78 is 25.1. The number of aliphatic hydroxyl groups is 1. The molecule has 0 fully saturated rings. The summed E-state index contributed by atoms with van der Waals surface area (Å²) in [5.41, 5.74) is 0. The number of hydrogen-bond acceptors (Lipinski definition) is 2. The van der Waals surface area contributed by atoms with E-state index in [1.807, 2.05) is 0 Å². The fraction of sp³-hybridized carbons (Fsp3) is 0.333. The first-order chi connectivity index (χ1) is 6.09. The predicted octanol–water partition coefficient (Wildman–Crippen LogP) is 2.44. The number of aliphatic hydroxyl groups excluding tert-OH is 1. The molecule has 1 nitrogen and oxygen atoms in total. The van der Waals surface area contributed by atoms with Gasteiger partial charge in [-0.15, -0.1) is 11.8 Å². The van der Waals surface area contributed by atoms with Crippen LogP contribution in [0, 0.1) is 11.6 Å². The third kappa shape index (κ3) is 3.32. The normalized spacial score (nSPS) is 12.9. The van der Waals surface area contributed by atoms with Gasteiger partial charge in [-0.05, 0) is 25.1 Å². The average molecular weight is 204 g/mol. The minimum Gasteiger partial charge on any atom is -0.393 e. The van der Waals surface area contributed by atoms with Gasteiger partial charge >= 0.3 is 0 Å². The fourth-order valence-corrected chi connectivity index (χ4v) is 1.57. The van der Waals surface area contributed by atoms with Gasteiger partial charge in [-0.1, -0.05) is 0 Å². The maximum Gasteiger partial charge on any atom is 0.159 e. The van der Waals surface area contributed by atoms with Crippen LogP contribution < -0.4 is 0 Å². The highest BCUT2D eigenvalue weighted by atomic mass is 32.2. The summed E-state index contributed by atoms with van der Waals surface area (Å²) in [5.74, 6) is -1.22. The molecule has 0 saturated carbocycles. The molecule has 1 atom stereocenters. The monoisotopic (exact) mass is 204 g/mol. The first-order valence-electron chi connectivity index (χ1n) is 3.85. The molecule has 0 amide bonds. The molecule has 1 aromatic rings. The second-order valence-electron chi connectivity index (χ2n) is 2.74. The Labute approximate surface area is 79.8 Å². The molecule has 0 aromatic heterocycles. The Morgan fingerprint density at radius 3 is 2.62 bits per heavy atom. The summed E-state index contributed by atoms with van der Waals surface area (Å²) >= 11 is 1.29. The van der Waals surface area contributed by atoms with Crippen LogP contribution in [0.3, 0.4) is 0 Å². The van der Waals surface area contributed by atoms with Crippen molar-refractivity contribution in [3.63, 3.8) is 0 Å². The lowest BCUT2D eigenvalue weighted by Crippen LogP contribution is -2.02. The van der Waals surface area contributed by atoms with Crippen molar-refractivity contribution in [3.05, 3.63) is 29.8 Å². The molecular weight excluding hydrogens is 194 g/mol. The van der Waals surface area contributed by atoms with Crippen molar-refractivity contribution in [3.8, 4) is 0 Å². The summed E-state index contributed by atoms with van der Waals surface area (Å²) in [6, 6.07) is 3.70. The van der Waals surface area contributed by atoms with Crippen LogP contribution in [0.5, 0.6) is 0 Å². The number of benzene rings is 1. The molecule has 13 heavy (non-hydrogen) atoms. The molecule has 0 saturated heterocycles. The van der Waals surface area contributed by atoms with E-state index in [9.17, 15) is 8.78 Å². The van der Waals surface area contributed by atoms with Crippen LogP contribution in [0.2, 0.25) is 0 Å². The number of hydrogen-bond donors (Lipinski definition) is 1. The molecule has 1 rings (SSSR count). The molecule has 4 heteroatoms. The van der Waals surface area contributed by atoms with Gasteiger partial charge in [0, 0.05) is 10.6 Å². The number of halogens is 2. The molecule has 0 aliphatic rings. The molecule has 1 N–H and O–H groups in total.